The Balaban J connectivity index is 1.83. The van der Waals surface area contributed by atoms with E-state index < -0.39 is 0 Å². The van der Waals surface area contributed by atoms with Crippen LogP contribution in [0.25, 0.3) is 0 Å². The summed E-state index contributed by atoms with van der Waals surface area (Å²) >= 11 is 0. The van der Waals surface area contributed by atoms with E-state index in [4.69, 9.17) is 4.74 Å². The van der Waals surface area contributed by atoms with Gasteiger partial charge in [0, 0.05) is 25.4 Å². The molecule has 1 heterocycles. The van der Waals surface area contributed by atoms with E-state index in [0.29, 0.717) is 19.5 Å². The molecular formula is C18H25NO3. The molecule has 4 nitrogen and oxygen atoms in total. The van der Waals surface area contributed by atoms with Crippen LogP contribution in [0.15, 0.2) is 30.3 Å². The number of carbonyl (C=O) groups is 2. The average Bonchev–Trinajstić information content (AvgIpc) is 2.53. The first-order valence-electron chi connectivity index (χ1n) is 8.08. The van der Waals surface area contributed by atoms with Gasteiger partial charge in [0.1, 0.15) is 5.78 Å². The van der Waals surface area contributed by atoms with Crippen LogP contribution in [-0.2, 0) is 16.0 Å². The number of likely N-dealkylation sites (tertiary alicyclic amines) is 1. The number of amides is 1. The van der Waals surface area contributed by atoms with Gasteiger partial charge in [0.2, 0.25) is 0 Å². The maximum atomic E-state index is 12.4. The second-order valence-corrected chi connectivity index (χ2v) is 6.17. The number of carbonyl (C=O) groups excluding carboxylic acids is 2. The van der Waals surface area contributed by atoms with E-state index in [2.05, 4.69) is 0 Å². The number of ether oxygens (including phenoxy) is 1. The standard InChI is InChI=1S/C18H25NO3/c1-14(2)22-18(21)19-12-6-9-16(13-19)17(20)11-10-15-7-4-3-5-8-15/h3-5,7-8,14,16H,6,9-13H2,1-2H3. The molecule has 22 heavy (non-hydrogen) atoms. The third-order valence-corrected chi connectivity index (χ3v) is 3.97. The summed E-state index contributed by atoms with van der Waals surface area (Å²) in [5, 5.41) is 0. The minimum Gasteiger partial charge on any atom is -0.447 e. The molecule has 0 aliphatic carbocycles. The first-order chi connectivity index (χ1) is 10.6. The third kappa shape index (κ3) is 4.86. The van der Waals surface area contributed by atoms with Gasteiger partial charge < -0.3 is 9.64 Å². The fraction of sp³-hybridized carbons (Fsp3) is 0.556. The Morgan fingerprint density at radius 2 is 2.00 bits per heavy atom. The molecule has 0 N–H and O–H groups in total. The zero-order valence-electron chi connectivity index (χ0n) is 13.5. The molecule has 0 spiro atoms. The van der Waals surface area contributed by atoms with Gasteiger partial charge in [0.15, 0.2) is 0 Å². The van der Waals surface area contributed by atoms with Gasteiger partial charge in [0.05, 0.1) is 6.10 Å². The Bertz CT molecular complexity index is 498. The summed E-state index contributed by atoms with van der Waals surface area (Å²) in [5.74, 6) is 0.211. The fourth-order valence-electron chi connectivity index (χ4n) is 2.80. The molecule has 1 aliphatic rings. The van der Waals surface area contributed by atoms with Gasteiger partial charge in [-0.2, -0.15) is 0 Å². The zero-order valence-corrected chi connectivity index (χ0v) is 13.5. The van der Waals surface area contributed by atoms with E-state index in [1.54, 1.807) is 4.90 Å². The third-order valence-electron chi connectivity index (χ3n) is 3.97. The number of hydrogen-bond donors (Lipinski definition) is 0. The molecule has 1 saturated heterocycles. The lowest BCUT2D eigenvalue weighted by atomic mass is 9.91. The lowest BCUT2D eigenvalue weighted by molar-refractivity contribution is -0.124. The number of benzene rings is 1. The predicted octanol–water partition coefficient (Wildman–Crippen LogP) is 3.45. The average molecular weight is 303 g/mol. The van der Waals surface area contributed by atoms with Gasteiger partial charge in [0.25, 0.3) is 0 Å². The summed E-state index contributed by atoms with van der Waals surface area (Å²) in [4.78, 5) is 26.0. The van der Waals surface area contributed by atoms with Crippen molar-refractivity contribution in [1.29, 1.82) is 0 Å². The molecule has 1 fully saturated rings. The Labute approximate surface area is 132 Å². The molecular weight excluding hydrogens is 278 g/mol. The SMILES string of the molecule is CC(C)OC(=O)N1CCCC(C(=O)CCc2ccccc2)C1. The molecule has 4 heteroatoms. The number of hydrogen-bond acceptors (Lipinski definition) is 3. The molecule has 0 aromatic heterocycles. The van der Waals surface area contributed by atoms with E-state index in [-0.39, 0.29) is 23.9 Å². The van der Waals surface area contributed by atoms with Crippen molar-refractivity contribution in [1.82, 2.24) is 4.90 Å². The topological polar surface area (TPSA) is 46.6 Å². The predicted molar refractivity (Wildman–Crippen MR) is 85.7 cm³/mol. The van der Waals surface area contributed by atoms with Gasteiger partial charge in [-0.1, -0.05) is 30.3 Å². The summed E-state index contributed by atoms with van der Waals surface area (Å²) in [6, 6.07) is 10.0. The number of aryl methyl sites for hydroxylation is 1. The van der Waals surface area contributed by atoms with Crippen molar-refractivity contribution in [3.05, 3.63) is 35.9 Å². The zero-order chi connectivity index (χ0) is 15.9. The summed E-state index contributed by atoms with van der Waals surface area (Å²) in [6.45, 7) is 4.86. The highest BCUT2D eigenvalue weighted by Crippen LogP contribution is 2.20. The van der Waals surface area contributed by atoms with Gasteiger partial charge in [-0.15, -0.1) is 0 Å². The highest BCUT2D eigenvalue weighted by atomic mass is 16.6. The minimum absolute atomic E-state index is 0.0443. The van der Waals surface area contributed by atoms with E-state index in [0.717, 1.165) is 19.3 Å². The Morgan fingerprint density at radius 3 is 2.68 bits per heavy atom. The van der Waals surface area contributed by atoms with E-state index >= 15 is 0 Å². The normalized spacial score (nSPS) is 18.3. The van der Waals surface area contributed by atoms with E-state index in [9.17, 15) is 9.59 Å². The number of ketones is 1. The Kier molecular flexibility index (Phi) is 5.99. The molecule has 1 aromatic rings. The highest BCUT2D eigenvalue weighted by molar-refractivity contribution is 5.82. The lowest BCUT2D eigenvalue weighted by Crippen LogP contribution is -2.43. The van der Waals surface area contributed by atoms with Crippen LogP contribution in [0.5, 0.6) is 0 Å². The van der Waals surface area contributed by atoms with Crippen molar-refractivity contribution in [3.8, 4) is 0 Å². The van der Waals surface area contributed by atoms with Gasteiger partial charge in [-0.3, -0.25) is 4.79 Å². The number of rotatable bonds is 5. The van der Waals surface area contributed by atoms with Crippen molar-refractivity contribution < 1.29 is 14.3 Å². The molecule has 1 atom stereocenters. The van der Waals surface area contributed by atoms with E-state index in [1.807, 2.05) is 44.2 Å². The van der Waals surface area contributed by atoms with Crippen LogP contribution in [0, 0.1) is 5.92 Å². The fourth-order valence-corrected chi connectivity index (χ4v) is 2.80. The summed E-state index contributed by atoms with van der Waals surface area (Å²) in [7, 11) is 0. The Morgan fingerprint density at radius 1 is 1.27 bits per heavy atom. The monoisotopic (exact) mass is 303 g/mol. The molecule has 1 amide bonds. The van der Waals surface area contributed by atoms with Gasteiger partial charge in [-0.25, -0.2) is 4.79 Å². The van der Waals surface area contributed by atoms with Crippen LogP contribution in [-0.4, -0.2) is 36.0 Å². The molecule has 120 valence electrons. The largest absolute Gasteiger partial charge is 0.447 e. The van der Waals surface area contributed by atoms with Crippen molar-refractivity contribution >= 4 is 11.9 Å². The molecule has 0 saturated carbocycles. The number of nitrogens with zero attached hydrogens (tertiary/aromatic N) is 1. The van der Waals surface area contributed by atoms with Crippen molar-refractivity contribution in [2.24, 2.45) is 5.92 Å². The molecule has 1 aromatic carbocycles. The van der Waals surface area contributed by atoms with Crippen LogP contribution in [0.1, 0.15) is 38.7 Å². The minimum atomic E-state index is -0.296. The van der Waals surface area contributed by atoms with Crippen LogP contribution in [0.4, 0.5) is 4.79 Å². The van der Waals surface area contributed by atoms with Crippen molar-refractivity contribution in [2.45, 2.75) is 45.6 Å². The molecule has 2 rings (SSSR count). The Hall–Kier alpha value is -1.84. The number of piperidine rings is 1. The molecule has 0 bridgehead atoms. The first-order valence-corrected chi connectivity index (χ1v) is 8.08. The summed E-state index contributed by atoms with van der Waals surface area (Å²) < 4.78 is 5.22. The summed E-state index contributed by atoms with van der Waals surface area (Å²) in [5.41, 5.74) is 1.18. The van der Waals surface area contributed by atoms with Crippen LogP contribution in [0.2, 0.25) is 0 Å². The van der Waals surface area contributed by atoms with E-state index in [1.165, 1.54) is 5.56 Å². The second-order valence-electron chi connectivity index (χ2n) is 6.17. The van der Waals surface area contributed by atoms with Crippen LogP contribution < -0.4 is 0 Å². The lowest BCUT2D eigenvalue weighted by Gasteiger charge is -2.31. The molecule has 1 aliphatic heterocycles. The van der Waals surface area contributed by atoms with Gasteiger partial charge in [-0.05, 0) is 38.7 Å². The van der Waals surface area contributed by atoms with Gasteiger partial charge >= 0.3 is 6.09 Å². The first kappa shape index (κ1) is 16.5. The second kappa shape index (κ2) is 7.97. The summed E-state index contributed by atoms with van der Waals surface area (Å²) in [6.07, 6.45) is 2.64. The van der Waals surface area contributed by atoms with Crippen LogP contribution in [0.3, 0.4) is 0 Å². The van der Waals surface area contributed by atoms with Crippen molar-refractivity contribution in [2.75, 3.05) is 13.1 Å². The molecule has 1 unspecified atom stereocenters. The highest BCUT2D eigenvalue weighted by Gasteiger charge is 2.29. The smallest absolute Gasteiger partial charge is 0.410 e. The van der Waals surface area contributed by atoms with Crippen LogP contribution >= 0.6 is 0 Å². The maximum absolute atomic E-state index is 12.4. The van der Waals surface area contributed by atoms with Crippen molar-refractivity contribution in [3.63, 3.8) is 0 Å². The number of Topliss-reactive ketones (excluding diaryl/α,β-unsaturated/α-hetero) is 1. The maximum Gasteiger partial charge on any atom is 0.410 e. The quantitative estimate of drug-likeness (QED) is 0.837. The molecule has 0 radical (unpaired) electrons.